The van der Waals surface area contributed by atoms with E-state index in [-0.39, 0.29) is 40.4 Å². The van der Waals surface area contributed by atoms with Gasteiger partial charge in [0.05, 0.1) is 18.1 Å². The Bertz CT molecular complexity index is 1010. The SMILES string of the molecule is C[C@@H](O)[C@H]1C(=O)N2C(C(=O)O)=C(SC3CN(c4nc(C(=O)N5CCNCC5)co4)C3)[C@H](C)[C@H]12. The van der Waals surface area contributed by atoms with Crippen LogP contribution in [0.1, 0.15) is 24.3 Å². The maximum Gasteiger partial charge on any atom is 0.353 e. The molecule has 0 saturated carbocycles. The highest BCUT2D eigenvalue weighted by molar-refractivity contribution is 8.03. The average Bonchev–Trinajstić information content (AvgIpc) is 3.32. The molecular weight excluding hydrogens is 450 g/mol. The van der Waals surface area contributed by atoms with Crippen LogP contribution < -0.4 is 10.2 Å². The topological polar surface area (TPSA) is 139 Å². The molecule has 0 aromatic carbocycles. The van der Waals surface area contributed by atoms with E-state index in [2.05, 4.69) is 10.3 Å². The summed E-state index contributed by atoms with van der Waals surface area (Å²) >= 11 is 1.47. The number of amides is 2. The number of rotatable bonds is 6. The van der Waals surface area contributed by atoms with Crippen molar-refractivity contribution in [2.75, 3.05) is 44.2 Å². The van der Waals surface area contributed by atoms with E-state index in [1.807, 2.05) is 11.8 Å². The van der Waals surface area contributed by atoms with E-state index in [9.17, 15) is 24.6 Å². The average molecular weight is 478 g/mol. The molecule has 1 aromatic heterocycles. The van der Waals surface area contributed by atoms with Crippen LogP contribution in [-0.2, 0) is 9.59 Å². The molecule has 11 nitrogen and oxygen atoms in total. The zero-order chi connectivity index (χ0) is 23.4. The number of carbonyl (C=O) groups is 3. The fourth-order valence-electron chi connectivity index (χ4n) is 5.06. The van der Waals surface area contributed by atoms with Gasteiger partial charge in [0.15, 0.2) is 5.69 Å². The van der Waals surface area contributed by atoms with Crippen molar-refractivity contribution in [1.82, 2.24) is 20.1 Å². The zero-order valence-electron chi connectivity index (χ0n) is 18.4. The van der Waals surface area contributed by atoms with Gasteiger partial charge < -0.3 is 34.6 Å². The normalized spacial score (nSPS) is 28.5. The predicted octanol–water partition coefficient (Wildman–Crippen LogP) is -0.204. The molecule has 0 aliphatic carbocycles. The summed E-state index contributed by atoms with van der Waals surface area (Å²) in [7, 11) is 0. The lowest BCUT2D eigenvalue weighted by Crippen LogP contribution is -2.63. The largest absolute Gasteiger partial charge is 0.477 e. The van der Waals surface area contributed by atoms with E-state index in [0.717, 1.165) is 13.1 Å². The van der Waals surface area contributed by atoms with Gasteiger partial charge in [-0.15, -0.1) is 11.8 Å². The number of β-lactam (4-membered cyclic amide) rings is 1. The van der Waals surface area contributed by atoms with Crippen molar-refractivity contribution in [3.63, 3.8) is 0 Å². The van der Waals surface area contributed by atoms with Crippen LogP contribution in [0.2, 0.25) is 0 Å². The van der Waals surface area contributed by atoms with Crippen LogP contribution in [0.25, 0.3) is 0 Å². The number of thioether (sulfide) groups is 1. The van der Waals surface area contributed by atoms with E-state index in [0.29, 0.717) is 37.1 Å². The molecule has 3 fully saturated rings. The van der Waals surface area contributed by atoms with Crippen molar-refractivity contribution in [2.45, 2.75) is 31.2 Å². The highest BCUT2D eigenvalue weighted by Crippen LogP contribution is 2.52. The van der Waals surface area contributed by atoms with Gasteiger partial charge in [0.25, 0.3) is 11.9 Å². The number of nitrogens with one attached hydrogen (secondary N) is 1. The second-order valence-electron chi connectivity index (χ2n) is 8.97. The molecule has 2 amide bonds. The number of nitrogens with zero attached hydrogens (tertiary/aromatic N) is 4. The van der Waals surface area contributed by atoms with Gasteiger partial charge in [-0.05, 0) is 6.92 Å². The van der Waals surface area contributed by atoms with Gasteiger partial charge >= 0.3 is 5.97 Å². The fraction of sp³-hybridized carbons (Fsp3) is 0.619. The first-order chi connectivity index (χ1) is 15.8. The number of aliphatic carboxylic acids is 1. The minimum absolute atomic E-state index is 0.0397. The highest BCUT2D eigenvalue weighted by atomic mass is 32.2. The second-order valence-corrected chi connectivity index (χ2v) is 10.3. The number of carbonyl (C=O) groups excluding carboxylic acids is 2. The molecule has 0 unspecified atom stereocenters. The summed E-state index contributed by atoms with van der Waals surface area (Å²) in [6, 6.07) is 0.0676. The maximum absolute atomic E-state index is 12.6. The van der Waals surface area contributed by atoms with Crippen LogP contribution >= 0.6 is 11.8 Å². The summed E-state index contributed by atoms with van der Waals surface area (Å²) < 4.78 is 5.53. The van der Waals surface area contributed by atoms with Crippen LogP contribution in [0, 0.1) is 11.8 Å². The standard InChI is InChI=1S/C21H27N5O6S/c1-10-15-14(11(2)27)19(29)26(15)16(20(30)31)17(10)33-12-7-25(8-12)21-23-13(9-32-21)18(28)24-5-3-22-4-6-24/h9-12,14-15,22,27H,3-8H2,1-2H3,(H,30,31)/t10-,11-,14-,15-/m1/s1. The van der Waals surface area contributed by atoms with Gasteiger partial charge in [-0.1, -0.05) is 6.92 Å². The molecule has 178 valence electrons. The number of piperazine rings is 1. The number of hydrogen-bond donors (Lipinski definition) is 3. The van der Waals surface area contributed by atoms with Crippen molar-refractivity contribution >= 4 is 35.6 Å². The number of oxazole rings is 1. The zero-order valence-corrected chi connectivity index (χ0v) is 19.2. The van der Waals surface area contributed by atoms with Gasteiger partial charge in [0.1, 0.15) is 12.0 Å². The molecule has 5 heterocycles. The molecule has 3 saturated heterocycles. The van der Waals surface area contributed by atoms with Crippen LogP contribution in [0.15, 0.2) is 21.3 Å². The third-order valence-electron chi connectivity index (χ3n) is 6.84. The van der Waals surface area contributed by atoms with Gasteiger partial charge in [0, 0.05) is 55.3 Å². The number of fused-ring (bicyclic) bond motifs is 1. The Morgan fingerprint density at radius 2 is 2.00 bits per heavy atom. The molecule has 12 heteroatoms. The van der Waals surface area contributed by atoms with Crippen molar-refractivity contribution in [3.8, 4) is 0 Å². The molecule has 33 heavy (non-hydrogen) atoms. The Labute approximate surface area is 194 Å². The predicted molar refractivity (Wildman–Crippen MR) is 118 cm³/mol. The monoisotopic (exact) mass is 477 g/mol. The summed E-state index contributed by atoms with van der Waals surface area (Å²) in [6.45, 7) is 7.46. The van der Waals surface area contributed by atoms with Crippen LogP contribution in [0.4, 0.5) is 6.01 Å². The van der Waals surface area contributed by atoms with E-state index >= 15 is 0 Å². The third kappa shape index (κ3) is 3.60. The minimum Gasteiger partial charge on any atom is -0.477 e. The van der Waals surface area contributed by atoms with E-state index in [1.165, 1.54) is 22.9 Å². The summed E-state index contributed by atoms with van der Waals surface area (Å²) in [5.74, 6) is -2.31. The molecule has 1 aromatic rings. The summed E-state index contributed by atoms with van der Waals surface area (Å²) in [5.41, 5.74) is 0.327. The molecule has 0 radical (unpaired) electrons. The van der Waals surface area contributed by atoms with Gasteiger partial charge in [-0.3, -0.25) is 9.59 Å². The first kappa shape index (κ1) is 22.2. The van der Waals surface area contributed by atoms with Crippen molar-refractivity contribution in [1.29, 1.82) is 0 Å². The number of aromatic nitrogens is 1. The Morgan fingerprint density at radius 3 is 2.64 bits per heavy atom. The molecule has 4 aliphatic heterocycles. The number of carboxylic acid groups (broad SMARTS) is 1. The first-order valence-corrected chi connectivity index (χ1v) is 12.0. The smallest absolute Gasteiger partial charge is 0.353 e. The van der Waals surface area contributed by atoms with Crippen molar-refractivity contribution in [2.24, 2.45) is 11.8 Å². The van der Waals surface area contributed by atoms with E-state index in [1.54, 1.807) is 11.8 Å². The molecule has 4 atom stereocenters. The molecular formula is C21H27N5O6S. The van der Waals surface area contributed by atoms with E-state index in [4.69, 9.17) is 4.42 Å². The van der Waals surface area contributed by atoms with Gasteiger partial charge in [-0.25, -0.2) is 4.79 Å². The molecule has 0 spiro atoms. The number of aliphatic hydroxyl groups excluding tert-OH is 1. The summed E-state index contributed by atoms with van der Waals surface area (Å²) in [6.07, 6.45) is 0.569. The van der Waals surface area contributed by atoms with Gasteiger partial charge in [0.2, 0.25) is 5.91 Å². The van der Waals surface area contributed by atoms with Crippen LogP contribution in [0.3, 0.4) is 0 Å². The molecule has 0 bridgehead atoms. The minimum atomic E-state index is -1.12. The third-order valence-corrected chi connectivity index (χ3v) is 8.29. The number of aliphatic hydroxyl groups is 1. The van der Waals surface area contributed by atoms with E-state index < -0.39 is 18.0 Å². The van der Waals surface area contributed by atoms with Crippen molar-refractivity contribution in [3.05, 3.63) is 22.6 Å². The first-order valence-electron chi connectivity index (χ1n) is 11.1. The Morgan fingerprint density at radius 1 is 1.30 bits per heavy atom. The molecule has 3 N–H and O–H groups in total. The maximum atomic E-state index is 12.6. The lowest BCUT2D eigenvalue weighted by atomic mass is 9.79. The molecule has 5 rings (SSSR count). The summed E-state index contributed by atoms with van der Waals surface area (Å²) in [5, 5.41) is 23.0. The van der Waals surface area contributed by atoms with Gasteiger partial charge in [-0.2, -0.15) is 4.98 Å². The second kappa shape index (κ2) is 8.33. The summed E-state index contributed by atoms with van der Waals surface area (Å²) in [4.78, 5) is 47.0. The van der Waals surface area contributed by atoms with Crippen LogP contribution in [-0.4, -0.2) is 99.4 Å². The number of carboxylic acids is 1. The van der Waals surface area contributed by atoms with Crippen molar-refractivity contribution < 1.29 is 29.0 Å². The molecule has 4 aliphatic rings. The lowest BCUT2D eigenvalue weighted by molar-refractivity contribution is -0.163. The fourth-order valence-corrected chi connectivity index (χ4v) is 6.58. The Kier molecular flexibility index (Phi) is 5.61. The number of hydrogen-bond acceptors (Lipinski definition) is 9. The van der Waals surface area contributed by atoms with Crippen LogP contribution in [0.5, 0.6) is 0 Å². The highest BCUT2D eigenvalue weighted by Gasteiger charge is 2.60. The Balaban J connectivity index is 1.23. The Hall–Kier alpha value is -2.57. The lowest BCUT2D eigenvalue weighted by Gasteiger charge is -2.46. The quantitative estimate of drug-likeness (QED) is 0.472. The number of anilines is 1.